The Morgan fingerprint density at radius 3 is 2.36 bits per heavy atom. The van der Waals surface area contributed by atoms with E-state index in [4.69, 9.17) is 0 Å². The predicted octanol–water partition coefficient (Wildman–Crippen LogP) is 4.18. The molecule has 1 aliphatic carbocycles. The molecule has 1 fully saturated rings. The number of rotatable bonds is 1. The fourth-order valence-corrected chi connectivity index (χ4v) is 2.18. The summed E-state index contributed by atoms with van der Waals surface area (Å²) in [5.74, 6) is -0.788. The molecule has 2 unspecified atom stereocenters. The minimum Gasteiger partial charge on any atom is -0.171 e. The minimum atomic E-state index is -4.02. The molecule has 2 atom stereocenters. The summed E-state index contributed by atoms with van der Waals surface area (Å²) in [6.45, 7) is 7.80. The van der Waals surface area contributed by atoms with Gasteiger partial charge in [-0.2, -0.15) is 13.2 Å². The van der Waals surface area contributed by atoms with Crippen molar-refractivity contribution in [3.63, 3.8) is 0 Å². The molecule has 0 aliphatic heterocycles. The normalized spacial score (nSPS) is 29.7. The van der Waals surface area contributed by atoms with Crippen LogP contribution < -0.4 is 0 Å². The van der Waals surface area contributed by atoms with Crippen LogP contribution in [0, 0.1) is 17.8 Å². The number of halogens is 3. The number of hydrogen-bond acceptors (Lipinski definition) is 0. The summed E-state index contributed by atoms with van der Waals surface area (Å²) in [6, 6.07) is 0. The van der Waals surface area contributed by atoms with E-state index in [0.717, 1.165) is 5.57 Å². The zero-order valence-corrected chi connectivity index (χ0v) is 8.69. The second kappa shape index (κ2) is 3.95. The van der Waals surface area contributed by atoms with Crippen molar-refractivity contribution in [1.82, 2.24) is 0 Å². The molecule has 0 N–H and O–H groups in total. The molecule has 0 bridgehead atoms. The molecule has 0 nitrogen and oxygen atoms in total. The summed E-state index contributed by atoms with van der Waals surface area (Å²) >= 11 is 0. The van der Waals surface area contributed by atoms with Crippen LogP contribution in [0.3, 0.4) is 0 Å². The Kier molecular flexibility index (Phi) is 3.28. The molecule has 3 heteroatoms. The second-order valence-corrected chi connectivity index (χ2v) is 4.52. The highest BCUT2D eigenvalue weighted by Crippen LogP contribution is 2.43. The average Bonchev–Trinajstić information content (AvgIpc) is 2.02. The van der Waals surface area contributed by atoms with Gasteiger partial charge in [-0.15, -0.1) is 0 Å². The Labute approximate surface area is 83.2 Å². The van der Waals surface area contributed by atoms with Gasteiger partial charge in [-0.05, 0) is 31.1 Å². The number of allylic oxidation sites excluding steroid dienone is 1. The summed E-state index contributed by atoms with van der Waals surface area (Å²) in [4.78, 5) is 0. The Balaban J connectivity index is 2.67. The van der Waals surface area contributed by atoms with E-state index in [1.807, 2.05) is 13.8 Å². The van der Waals surface area contributed by atoms with E-state index in [9.17, 15) is 13.2 Å². The van der Waals surface area contributed by atoms with Crippen LogP contribution in [0.1, 0.15) is 33.1 Å². The highest BCUT2D eigenvalue weighted by molar-refractivity contribution is 5.06. The van der Waals surface area contributed by atoms with Gasteiger partial charge in [0, 0.05) is 0 Å². The van der Waals surface area contributed by atoms with Gasteiger partial charge in [0.1, 0.15) is 0 Å². The first kappa shape index (κ1) is 11.6. The highest BCUT2D eigenvalue weighted by Gasteiger charge is 2.43. The zero-order valence-electron chi connectivity index (χ0n) is 8.69. The van der Waals surface area contributed by atoms with Crippen molar-refractivity contribution >= 4 is 0 Å². The summed E-state index contributed by atoms with van der Waals surface area (Å²) in [5.41, 5.74) is 1.00. The third-order valence-electron chi connectivity index (χ3n) is 3.14. The molecule has 0 saturated heterocycles. The van der Waals surface area contributed by atoms with E-state index in [1.165, 1.54) is 0 Å². The maximum absolute atomic E-state index is 12.5. The third kappa shape index (κ3) is 2.52. The lowest BCUT2D eigenvalue weighted by Gasteiger charge is -2.34. The third-order valence-corrected chi connectivity index (χ3v) is 3.14. The van der Waals surface area contributed by atoms with Crippen LogP contribution in [0.25, 0.3) is 0 Å². The van der Waals surface area contributed by atoms with Crippen molar-refractivity contribution in [3.8, 4) is 0 Å². The molecule has 0 aromatic carbocycles. The summed E-state index contributed by atoms with van der Waals surface area (Å²) < 4.78 is 37.4. The quantitative estimate of drug-likeness (QED) is 0.565. The van der Waals surface area contributed by atoms with E-state index in [0.29, 0.717) is 6.42 Å². The van der Waals surface area contributed by atoms with Crippen molar-refractivity contribution in [3.05, 3.63) is 12.2 Å². The van der Waals surface area contributed by atoms with Crippen LogP contribution >= 0.6 is 0 Å². The molecular weight excluding hydrogens is 189 g/mol. The van der Waals surface area contributed by atoms with Crippen LogP contribution in [0.2, 0.25) is 0 Å². The zero-order chi connectivity index (χ0) is 10.9. The SMILES string of the molecule is C=C1CCC(C(F)(F)F)CC1C(C)C. The van der Waals surface area contributed by atoms with Gasteiger partial charge in [-0.1, -0.05) is 26.0 Å². The van der Waals surface area contributed by atoms with Gasteiger partial charge in [0.25, 0.3) is 0 Å². The molecule has 82 valence electrons. The van der Waals surface area contributed by atoms with Gasteiger partial charge in [-0.3, -0.25) is 0 Å². The minimum absolute atomic E-state index is 0.0513. The highest BCUT2D eigenvalue weighted by atomic mass is 19.4. The first-order chi connectivity index (χ1) is 6.32. The van der Waals surface area contributed by atoms with Crippen LogP contribution in [-0.4, -0.2) is 6.18 Å². The molecule has 0 heterocycles. The van der Waals surface area contributed by atoms with E-state index < -0.39 is 12.1 Å². The smallest absolute Gasteiger partial charge is 0.171 e. The largest absolute Gasteiger partial charge is 0.391 e. The standard InChI is InChI=1S/C11H17F3/c1-7(2)10-6-9(11(12,13)14)5-4-8(10)3/h7,9-10H,3-6H2,1-2H3. The maximum atomic E-state index is 12.5. The van der Waals surface area contributed by atoms with Crippen molar-refractivity contribution < 1.29 is 13.2 Å². The van der Waals surface area contributed by atoms with Gasteiger partial charge in [0.2, 0.25) is 0 Å². The molecule has 1 saturated carbocycles. The van der Waals surface area contributed by atoms with Gasteiger partial charge in [0.15, 0.2) is 0 Å². The van der Waals surface area contributed by atoms with E-state index in [1.54, 1.807) is 0 Å². The van der Waals surface area contributed by atoms with Crippen molar-refractivity contribution in [2.45, 2.75) is 39.3 Å². The number of hydrogen-bond donors (Lipinski definition) is 0. The molecule has 0 amide bonds. The van der Waals surface area contributed by atoms with Crippen LogP contribution in [0.15, 0.2) is 12.2 Å². The molecule has 0 aromatic rings. The molecule has 0 aromatic heterocycles. The summed E-state index contributed by atoms with van der Waals surface area (Å²) in [7, 11) is 0. The summed E-state index contributed by atoms with van der Waals surface area (Å²) in [5, 5.41) is 0. The maximum Gasteiger partial charge on any atom is 0.391 e. The Hall–Kier alpha value is -0.470. The fourth-order valence-electron chi connectivity index (χ4n) is 2.18. The lowest BCUT2D eigenvalue weighted by molar-refractivity contribution is -0.183. The molecule has 1 rings (SSSR count). The number of alkyl halides is 3. The van der Waals surface area contributed by atoms with E-state index >= 15 is 0 Å². The van der Waals surface area contributed by atoms with Gasteiger partial charge in [0.05, 0.1) is 5.92 Å². The van der Waals surface area contributed by atoms with Crippen molar-refractivity contribution in [2.75, 3.05) is 0 Å². The van der Waals surface area contributed by atoms with Crippen LogP contribution in [-0.2, 0) is 0 Å². The predicted molar refractivity (Wildman–Crippen MR) is 50.9 cm³/mol. The Morgan fingerprint density at radius 1 is 1.36 bits per heavy atom. The molecule has 1 aliphatic rings. The Bertz CT molecular complexity index is 215. The topological polar surface area (TPSA) is 0 Å². The first-order valence-corrected chi connectivity index (χ1v) is 5.06. The molecule has 0 spiro atoms. The lowest BCUT2D eigenvalue weighted by Crippen LogP contribution is -2.31. The van der Waals surface area contributed by atoms with Crippen LogP contribution in [0.5, 0.6) is 0 Å². The lowest BCUT2D eigenvalue weighted by atomic mass is 9.73. The van der Waals surface area contributed by atoms with E-state index in [-0.39, 0.29) is 24.7 Å². The molecule has 0 radical (unpaired) electrons. The van der Waals surface area contributed by atoms with Crippen molar-refractivity contribution in [1.29, 1.82) is 0 Å². The molecule has 14 heavy (non-hydrogen) atoms. The molecular formula is C11H17F3. The average molecular weight is 206 g/mol. The fraction of sp³-hybridized carbons (Fsp3) is 0.818. The monoisotopic (exact) mass is 206 g/mol. The van der Waals surface area contributed by atoms with Crippen molar-refractivity contribution in [2.24, 2.45) is 17.8 Å². The Morgan fingerprint density at radius 2 is 1.93 bits per heavy atom. The van der Waals surface area contributed by atoms with Gasteiger partial charge >= 0.3 is 6.18 Å². The summed E-state index contributed by atoms with van der Waals surface area (Å²) in [6.07, 6.45) is -3.02. The first-order valence-electron chi connectivity index (χ1n) is 5.06. The van der Waals surface area contributed by atoms with Crippen LogP contribution in [0.4, 0.5) is 13.2 Å². The van der Waals surface area contributed by atoms with Gasteiger partial charge < -0.3 is 0 Å². The second-order valence-electron chi connectivity index (χ2n) is 4.52. The van der Waals surface area contributed by atoms with Gasteiger partial charge in [-0.25, -0.2) is 0 Å². The van der Waals surface area contributed by atoms with E-state index in [2.05, 4.69) is 6.58 Å².